The number of hydrogen-bond acceptors (Lipinski definition) is 3. The van der Waals surface area contributed by atoms with E-state index in [-0.39, 0.29) is 11.2 Å². The summed E-state index contributed by atoms with van der Waals surface area (Å²) >= 11 is 6.10. The van der Waals surface area contributed by atoms with Crippen LogP contribution in [0.2, 0.25) is 5.02 Å². The van der Waals surface area contributed by atoms with Gasteiger partial charge in [0.05, 0.1) is 11.2 Å². The van der Waals surface area contributed by atoms with Crippen molar-refractivity contribution in [1.82, 2.24) is 0 Å². The van der Waals surface area contributed by atoms with E-state index in [4.69, 9.17) is 26.6 Å². The van der Waals surface area contributed by atoms with Crippen LogP contribution in [0.1, 0.15) is 38.8 Å². The van der Waals surface area contributed by atoms with Crippen molar-refractivity contribution in [1.29, 1.82) is 0 Å². The van der Waals surface area contributed by atoms with Crippen molar-refractivity contribution in [3.63, 3.8) is 0 Å². The third-order valence-electron chi connectivity index (χ3n) is 4.21. The van der Waals surface area contributed by atoms with E-state index in [0.29, 0.717) is 11.6 Å². The maximum Gasteiger partial charge on any atom is 0.491 e. The van der Waals surface area contributed by atoms with Crippen molar-refractivity contribution in [3.05, 3.63) is 39.8 Å². The molecule has 0 unspecified atom stereocenters. The zero-order valence-corrected chi connectivity index (χ0v) is 14.1. The van der Waals surface area contributed by atoms with Crippen molar-refractivity contribution in [2.75, 3.05) is 6.54 Å². The predicted molar refractivity (Wildman–Crippen MR) is 89.3 cm³/mol. The molecule has 1 aliphatic heterocycles. The van der Waals surface area contributed by atoms with Gasteiger partial charge in [0.1, 0.15) is 0 Å². The summed E-state index contributed by atoms with van der Waals surface area (Å²) in [6, 6.07) is 5.90. The number of hydrogen-bond donors (Lipinski definition) is 1. The highest BCUT2D eigenvalue weighted by atomic mass is 35.5. The highest BCUT2D eigenvalue weighted by Crippen LogP contribution is 2.38. The molecule has 0 bridgehead atoms. The summed E-state index contributed by atoms with van der Waals surface area (Å²) in [7, 11) is -0.417. The van der Waals surface area contributed by atoms with Crippen LogP contribution in [0.4, 0.5) is 0 Å². The van der Waals surface area contributed by atoms with Gasteiger partial charge in [-0.15, -0.1) is 0 Å². The minimum atomic E-state index is -0.417. The fourth-order valence-electron chi connectivity index (χ4n) is 2.28. The molecule has 3 nitrogen and oxygen atoms in total. The molecule has 0 amide bonds. The van der Waals surface area contributed by atoms with Gasteiger partial charge in [-0.3, -0.25) is 0 Å². The van der Waals surface area contributed by atoms with Gasteiger partial charge in [-0.05, 0) is 63.4 Å². The van der Waals surface area contributed by atoms with Crippen LogP contribution in [0.15, 0.2) is 23.7 Å². The second-order valence-electron chi connectivity index (χ2n) is 6.57. The molecule has 0 aliphatic carbocycles. The molecule has 0 saturated carbocycles. The van der Waals surface area contributed by atoms with Crippen LogP contribution in [0, 0.1) is 6.92 Å². The molecule has 2 N–H and O–H groups in total. The first-order chi connectivity index (χ1) is 9.64. The van der Waals surface area contributed by atoms with Crippen LogP contribution in [0.5, 0.6) is 0 Å². The Bertz CT molecular complexity index is 533. The summed E-state index contributed by atoms with van der Waals surface area (Å²) in [5, 5.41) is 0.714. The number of nitrogens with two attached hydrogens (primary N) is 1. The number of benzene rings is 1. The van der Waals surface area contributed by atoms with E-state index in [1.165, 1.54) is 0 Å². The summed E-state index contributed by atoms with van der Waals surface area (Å²) in [4.78, 5) is 0. The minimum Gasteiger partial charge on any atom is -0.400 e. The van der Waals surface area contributed by atoms with E-state index in [1.807, 2.05) is 52.8 Å². The standard InChI is InChI=1S/C16H23BClNO2/c1-11-6-12(9-14(18)7-11)8-13(10-19)17-20-15(2,3)16(4,5)21-17/h6-9H,10,19H2,1-5H3. The fourth-order valence-corrected chi connectivity index (χ4v) is 2.58. The molecule has 1 aromatic rings. The monoisotopic (exact) mass is 307 g/mol. The lowest BCUT2D eigenvalue weighted by Gasteiger charge is -2.32. The topological polar surface area (TPSA) is 44.5 Å². The molecule has 0 spiro atoms. The van der Waals surface area contributed by atoms with Crippen molar-refractivity contribution in [2.45, 2.75) is 45.8 Å². The average Bonchev–Trinajstić information content (AvgIpc) is 2.54. The van der Waals surface area contributed by atoms with Crippen molar-refractivity contribution in [3.8, 4) is 0 Å². The number of halogens is 1. The van der Waals surface area contributed by atoms with E-state index in [2.05, 4.69) is 6.07 Å². The lowest BCUT2D eigenvalue weighted by molar-refractivity contribution is 0.00578. The zero-order valence-electron chi connectivity index (χ0n) is 13.4. The summed E-state index contributed by atoms with van der Waals surface area (Å²) in [5.41, 5.74) is 8.19. The molecule has 1 saturated heterocycles. The van der Waals surface area contributed by atoms with Gasteiger partial charge in [0, 0.05) is 11.6 Å². The van der Waals surface area contributed by atoms with Crippen LogP contribution in [0.3, 0.4) is 0 Å². The normalized spacial score (nSPS) is 20.9. The Balaban J connectivity index is 2.30. The lowest BCUT2D eigenvalue weighted by Crippen LogP contribution is -2.41. The Kier molecular flexibility index (Phi) is 4.55. The average molecular weight is 308 g/mol. The Morgan fingerprint density at radius 2 is 1.76 bits per heavy atom. The summed E-state index contributed by atoms with van der Waals surface area (Å²) in [6.45, 7) is 10.5. The number of aryl methyl sites for hydroxylation is 1. The molecular formula is C16H23BClNO2. The van der Waals surface area contributed by atoms with Gasteiger partial charge in [0.2, 0.25) is 0 Å². The molecule has 0 aromatic heterocycles. The maximum atomic E-state index is 6.10. The van der Waals surface area contributed by atoms with Crippen LogP contribution in [-0.2, 0) is 9.31 Å². The van der Waals surface area contributed by atoms with E-state index in [0.717, 1.165) is 16.6 Å². The Morgan fingerprint density at radius 3 is 2.24 bits per heavy atom. The van der Waals surface area contributed by atoms with Gasteiger partial charge >= 0.3 is 7.12 Å². The van der Waals surface area contributed by atoms with Gasteiger partial charge in [-0.2, -0.15) is 0 Å². The highest BCUT2D eigenvalue weighted by Gasteiger charge is 2.52. The van der Waals surface area contributed by atoms with E-state index < -0.39 is 7.12 Å². The molecular weight excluding hydrogens is 284 g/mol. The first-order valence-electron chi connectivity index (χ1n) is 7.18. The molecule has 0 atom stereocenters. The lowest BCUT2D eigenvalue weighted by atomic mass is 9.77. The molecule has 2 rings (SSSR count). The van der Waals surface area contributed by atoms with Crippen LogP contribution >= 0.6 is 11.6 Å². The second kappa shape index (κ2) is 5.77. The van der Waals surface area contributed by atoms with E-state index in [1.54, 1.807) is 0 Å². The highest BCUT2D eigenvalue weighted by molar-refractivity contribution is 6.55. The third-order valence-corrected chi connectivity index (χ3v) is 4.43. The van der Waals surface area contributed by atoms with Crippen molar-refractivity contribution < 1.29 is 9.31 Å². The van der Waals surface area contributed by atoms with Crippen molar-refractivity contribution >= 4 is 24.8 Å². The molecule has 1 aromatic carbocycles. The second-order valence-corrected chi connectivity index (χ2v) is 7.01. The van der Waals surface area contributed by atoms with Crippen LogP contribution in [0.25, 0.3) is 6.08 Å². The van der Waals surface area contributed by atoms with E-state index >= 15 is 0 Å². The summed E-state index contributed by atoms with van der Waals surface area (Å²) < 4.78 is 12.1. The first-order valence-corrected chi connectivity index (χ1v) is 7.56. The summed E-state index contributed by atoms with van der Waals surface area (Å²) in [5.74, 6) is 0. The van der Waals surface area contributed by atoms with Gasteiger partial charge in [0.25, 0.3) is 0 Å². The summed E-state index contributed by atoms with van der Waals surface area (Å²) in [6.07, 6.45) is 2.00. The molecule has 21 heavy (non-hydrogen) atoms. The van der Waals surface area contributed by atoms with E-state index in [9.17, 15) is 0 Å². The zero-order chi connectivity index (χ0) is 15.8. The van der Waals surface area contributed by atoms with Crippen LogP contribution < -0.4 is 5.73 Å². The van der Waals surface area contributed by atoms with Crippen molar-refractivity contribution in [2.24, 2.45) is 5.73 Å². The predicted octanol–water partition coefficient (Wildman–Crippen LogP) is 3.62. The van der Waals surface area contributed by atoms with Crippen LogP contribution in [-0.4, -0.2) is 24.9 Å². The Hall–Kier alpha value is -0.805. The fraction of sp³-hybridized carbons (Fsp3) is 0.500. The molecule has 0 radical (unpaired) electrons. The van der Waals surface area contributed by atoms with Gasteiger partial charge in [0.15, 0.2) is 0 Å². The molecule has 1 fully saturated rings. The molecule has 114 valence electrons. The Morgan fingerprint density at radius 1 is 1.19 bits per heavy atom. The number of rotatable bonds is 3. The van der Waals surface area contributed by atoms with Gasteiger partial charge in [-0.1, -0.05) is 23.7 Å². The molecule has 1 aliphatic rings. The SMILES string of the molecule is Cc1cc(Cl)cc(C=C(CN)B2OC(C)(C)C(C)(C)O2)c1. The smallest absolute Gasteiger partial charge is 0.400 e. The maximum absolute atomic E-state index is 6.10. The van der Waals surface area contributed by atoms with Gasteiger partial charge < -0.3 is 15.0 Å². The first kappa shape index (κ1) is 16.6. The largest absolute Gasteiger partial charge is 0.491 e. The minimum absolute atomic E-state index is 0.365. The molecule has 1 heterocycles. The Labute approximate surface area is 132 Å². The quantitative estimate of drug-likeness (QED) is 0.867. The molecule has 5 heteroatoms. The van der Waals surface area contributed by atoms with Gasteiger partial charge in [-0.25, -0.2) is 0 Å². The third kappa shape index (κ3) is 3.51.